The lowest BCUT2D eigenvalue weighted by Gasteiger charge is -2.50. The Morgan fingerprint density at radius 1 is 0.969 bits per heavy atom. The van der Waals surface area contributed by atoms with E-state index in [1.165, 1.54) is 26.5 Å². The van der Waals surface area contributed by atoms with Crippen LogP contribution in [0.1, 0.15) is 65.2 Å². The number of allylic oxidation sites excluding steroid dienone is 2. The molecule has 0 aromatic carbocycles. The number of Topliss-reactive ketones (excluding diaryl/α,β-unsaturated/α-hetero) is 1. The summed E-state index contributed by atoms with van der Waals surface area (Å²) in [6.45, 7) is 2.27. The second-order valence-corrected chi connectivity index (χ2v) is 10.0. The first-order chi connectivity index (χ1) is 15.3. The fraction of sp³-hybridized carbons (Fsp3) is 0.760. The number of rotatable bonds is 5. The van der Waals surface area contributed by atoms with Crippen molar-refractivity contribution in [3.8, 4) is 0 Å². The van der Waals surface area contributed by atoms with Gasteiger partial charge in [0.05, 0.1) is 13.0 Å². The maximum Gasteiger partial charge on any atom is 0.308 e. The topological polar surface area (TPSA) is 96.0 Å². The predicted octanol–water partition coefficient (Wildman–Crippen LogP) is 3.39. The zero-order chi connectivity index (χ0) is 23.0. The van der Waals surface area contributed by atoms with Gasteiger partial charge in [-0.3, -0.25) is 19.2 Å². The third-order valence-electron chi connectivity index (χ3n) is 8.57. The van der Waals surface area contributed by atoms with Gasteiger partial charge in [-0.2, -0.15) is 0 Å². The number of fused-ring (bicyclic) bond motifs is 5. The number of hydrogen-bond donors (Lipinski definition) is 0. The Morgan fingerprint density at radius 3 is 2.44 bits per heavy atom. The van der Waals surface area contributed by atoms with E-state index in [0.29, 0.717) is 30.1 Å². The molecule has 4 aliphatic carbocycles. The van der Waals surface area contributed by atoms with Crippen molar-refractivity contribution < 1.29 is 33.4 Å². The van der Waals surface area contributed by atoms with Gasteiger partial charge in [0.2, 0.25) is 5.78 Å². The van der Waals surface area contributed by atoms with Crippen LogP contribution in [-0.2, 0) is 33.4 Å². The molecule has 7 heteroatoms. The lowest BCUT2D eigenvalue weighted by molar-refractivity contribution is -0.176. The van der Waals surface area contributed by atoms with E-state index in [9.17, 15) is 19.2 Å². The molecule has 0 aliphatic heterocycles. The van der Waals surface area contributed by atoms with Crippen molar-refractivity contribution in [2.24, 2.45) is 35.5 Å². The maximum atomic E-state index is 13.2. The van der Waals surface area contributed by atoms with Crippen molar-refractivity contribution in [2.75, 3.05) is 13.7 Å². The molecular formula is C25H34O7. The minimum atomic E-state index is -1.18. The van der Waals surface area contributed by atoms with Gasteiger partial charge in [-0.05, 0) is 75.0 Å². The van der Waals surface area contributed by atoms with Gasteiger partial charge in [-0.1, -0.05) is 11.6 Å². The fourth-order valence-corrected chi connectivity index (χ4v) is 7.38. The van der Waals surface area contributed by atoms with Crippen LogP contribution in [0.2, 0.25) is 0 Å². The molecule has 0 aromatic rings. The van der Waals surface area contributed by atoms with Crippen LogP contribution in [0, 0.1) is 35.5 Å². The molecule has 0 unspecified atom stereocenters. The van der Waals surface area contributed by atoms with Crippen LogP contribution in [0.25, 0.3) is 0 Å². The first kappa shape index (κ1) is 23.0. The predicted molar refractivity (Wildman–Crippen MR) is 114 cm³/mol. The van der Waals surface area contributed by atoms with Crippen LogP contribution in [-0.4, -0.2) is 43.0 Å². The third kappa shape index (κ3) is 3.99. The van der Waals surface area contributed by atoms with Gasteiger partial charge in [0.25, 0.3) is 0 Å². The van der Waals surface area contributed by atoms with Crippen LogP contribution >= 0.6 is 0 Å². The van der Waals surface area contributed by atoms with Crippen LogP contribution < -0.4 is 0 Å². The number of methoxy groups -OCH3 is 1. The quantitative estimate of drug-likeness (QED) is 0.363. The molecule has 7 atom stereocenters. The van der Waals surface area contributed by atoms with Crippen molar-refractivity contribution in [1.82, 2.24) is 0 Å². The third-order valence-corrected chi connectivity index (χ3v) is 8.57. The van der Waals surface area contributed by atoms with E-state index < -0.39 is 17.5 Å². The second kappa shape index (κ2) is 8.99. The summed E-state index contributed by atoms with van der Waals surface area (Å²) in [4.78, 5) is 48.4. The molecule has 32 heavy (non-hydrogen) atoms. The van der Waals surface area contributed by atoms with Crippen molar-refractivity contribution in [1.29, 1.82) is 0 Å². The first-order valence-electron chi connectivity index (χ1n) is 11.9. The molecule has 0 bridgehead atoms. The van der Waals surface area contributed by atoms with Gasteiger partial charge in [-0.25, -0.2) is 0 Å². The van der Waals surface area contributed by atoms with Crippen LogP contribution in [0.3, 0.4) is 0 Å². The Morgan fingerprint density at radius 2 is 1.75 bits per heavy atom. The summed E-state index contributed by atoms with van der Waals surface area (Å²) in [7, 11) is 1.46. The lowest BCUT2D eigenvalue weighted by Crippen LogP contribution is -2.52. The van der Waals surface area contributed by atoms with E-state index in [1.54, 1.807) is 0 Å². The Balaban J connectivity index is 1.54. The summed E-state index contributed by atoms with van der Waals surface area (Å²) >= 11 is 0. The van der Waals surface area contributed by atoms with Gasteiger partial charge < -0.3 is 14.2 Å². The van der Waals surface area contributed by atoms with Gasteiger partial charge in [0, 0.05) is 19.8 Å². The van der Waals surface area contributed by atoms with E-state index in [0.717, 1.165) is 44.9 Å². The number of esters is 3. The normalized spacial score (nSPS) is 37.8. The summed E-state index contributed by atoms with van der Waals surface area (Å²) in [5.74, 6) is 0.375. The molecule has 0 spiro atoms. The summed E-state index contributed by atoms with van der Waals surface area (Å²) in [5, 5.41) is 0. The lowest BCUT2D eigenvalue weighted by atomic mass is 9.55. The van der Waals surface area contributed by atoms with E-state index in [4.69, 9.17) is 14.2 Å². The van der Waals surface area contributed by atoms with Gasteiger partial charge in [-0.15, -0.1) is 0 Å². The highest BCUT2D eigenvalue weighted by molar-refractivity contribution is 5.92. The molecule has 7 nitrogen and oxygen atoms in total. The largest absolute Gasteiger partial charge is 0.469 e. The van der Waals surface area contributed by atoms with E-state index in [2.05, 4.69) is 6.08 Å². The van der Waals surface area contributed by atoms with Crippen LogP contribution in [0.5, 0.6) is 0 Å². The molecule has 3 fully saturated rings. The van der Waals surface area contributed by atoms with E-state index in [-0.39, 0.29) is 30.2 Å². The van der Waals surface area contributed by atoms with Crippen molar-refractivity contribution >= 4 is 23.7 Å². The number of hydrogen-bond acceptors (Lipinski definition) is 7. The molecule has 0 saturated heterocycles. The molecule has 4 rings (SSSR count). The number of carbonyl (C=O) groups is 4. The average molecular weight is 447 g/mol. The van der Waals surface area contributed by atoms with E-state index >= 15 is 0 Å². The van der Waals surface area contributed by atoms with Gasteiger partial charge in [0.15, 0.2) is 12.2 Å². The standard InChI is InChI=1S/C25H34O7/c1-14(26)31-13-23(28)25(32-15(2)27)11-10-21-20-7-4-16-12-17(24(29)30-3)5-6-18(16)19(20)8-9-22(21)25/h4,17-22H,5-13H2,1-3H3/t17-,18-,19-,20-,21-,22-,25-/m0/s1. The summed E-state index contributed by atoms with van der Waals surface area (Å²) < 4.78 is 15.7. The number of carbonyl (C=O) groups excluding carboxylic acids is 4. The zero-order valence-corrected chi connectivity index (χ0v) is 19.3. The zero-order valence-electron chi connectivity index (χ0n) is 19.3. The summed E-state index contributed by atoms with van der Waals surface area (Å²) in [6, 6.07) is 0. The maximum absolute atomic E-state index is 13.2. The van der Waals surface area contributed by atoms with Crippen molar-refractivity contribution in [3.63, 3.8) is 0 Å². The monoisotopic (exact) mass is 446 g/mol. The van der Waals surface area contributed by atoms with Crippen molar-refractivity contribution in [3.05, 3.63) is 11.6 Å². The smallest absolute Gasteiger partial charge is 0.308 e. The Hall–Kier alpha value is -2.18. The van der Waals surface area contributed by atoms with E-state index in [1.807, 2.05) is 0 Å². The van der Waals surface area contributed by atoms with Gasteiger partial charge in [0.1, 0.15) is 0 Å². The molecule has 0 N–H and O–H groups in total. The average Bonchev–Trinajstić information content (AvgIpc) is 3.15. The highest BCUT2D eigenvalue weighted by atomic mass is 16.6. The van der Waals surface area contributed by atoms with Crippen LogP contribution in [0.15, 0.2) is 11.6 Å². The van der Waals surface area contributed by atoms with Crippen LogP contribution in [0.4, 0.5) is 0 Å². The Kier molecular flexibility index (Phi) is 6.46. The molecule has 3 saturated carbocycles. The molecule has 4 aliphatic rings. The summed E-state index contributed by atoms with van der Waals surface area (Å²) in [5.41, 5.74) is 0.227. The number of ether oxygens (including phenoxy) is 3. The van der Waals surface area contributed by atoms with Gasteiger partial charge >= 0.3 is 17.9 Å². The molecule has 176 valence electrons. The highest BCUT2D eigenvalue weighted by Crippen LogP contribution is 2.60. The molecule has 0 amide bonds. The van der Waals surface area contributed by atoms with Crippen molar-refractivity contribution in [2.45, 2.75) is 70.8 Å². The molecule has 0 heterocycles. The minimum Gasteiger partial charge on any atom is -0.469 e. The highest BCUT2D eigenvalue weighted by Gasteiger charge is 2.60. The molecule has 0 radical (unpaired) electrons. The number of ketones is 1. The minimum absolute atomic E-state index is 0.0302. The second-order valence-electron chi connectivity index (χ2n) is 10.0. The molecule has 0 aromatic heterocycles. The summed E-state index contributed by atoms with van der Waals surface area (Å²) in [6.07, 6.45) is 9.09. The molecular weight excluding hydrogens is 412 g/mol. The fourth-order valence-electron chi connectivity index (χ4n) is 7.38. The SMILES string of the molecule is COC(=O)[C@H]1CC[C@H]2C(=CC[C@H]3[C@H]2CC[C@H]2[C@H]3CC[C@@]2(OC(C)=O)C(=O)COC(C)=O)C1. The Bertz CT molecular complexity index is 830. The Labute approximate surface area is 189 Å². The first-order valence-corrected chi connectivity index (χ1v) is 11.9.